The molecule has 0 spiro atoms. The van der Waals surface area contributed by atoms with Crippen LogP contribution in [0.1, 0.15) is 44.7 Å². The van der Waals surface area contributed by atoms with Crippen molar-refractivity contribution in [2.75, 3.05) is 25.6 Å². The average molecular weight is 279 g/mol. The summed E-state index contributed by atoms with van der Waals surface area (Å²) in [5.74, 6) is 2.83. The van der Waals surface area contributed by atoms with Crippen molar-refractivity contribution in [2.24, 2.45) is 11.8 Å². The Labute approximate surface area is 122 Å². The minimum atomic E-state index is 0.727. The predicted octanol–water partition coefficient (Wildman–Crippen LogP) is 3.47. The van der Waals surface area contributed by atoms with Gasteiger partial charge in [-0.2, -0.15) is 0 Å². The van der Waals surface area contributed by atoms with Gasteiger partial charge in [-0.1, -0.05) is 32.6 Å². The van der Waals surface area contributed by atoms with E-state index in [1.165, 1.54) is 32.1 Å². The van der Waals surface area contributed by atoms with Gasteiger partial charge in [-0.15, -0.1) is 0 Å². The summed E-state index contributed by atoms with van der Waals surface area (Å²) in [4.78, 5) is 4.55. The second-order valence-electron chi connectivity index (χ2n) is 6.23. The van der Waals surface area contributed by atoms with Crippen molar-refractivity contribution in [3.8, 4) is 0 Å². The van der Waals surface area contributed by atoms with Crippen molar-refractivity contribution >= 4 is 5.95 Å². The lowest BCUT2D eigenvalue weighted by Crippen LogP contribution is -2.17. The van der Waals surface area contributed by atoms with E-state index in [-0.39, 0.29) is 0 Å². The molecule has 1 aliphatic rings. The largest absolute Gasteiger partial charge is 0.383 e. The summed E-state index contributed by atoms with van der Waals surface area (Å²) in [6, 6.07) is 0. The molecule has 114 valence electrons. The molecule has 0 atom stereocenters. The van der Waals surface area contributed by atoms with Crippen LogP contribution in [0.15, 0.2) is 6.20 Å². The zero-order valence-corrected chi connectivity index (χ0v) is 13.2. The zero-order chi connectivity index (χ0) is 14.4. The van der Waals surface area contributed by atoms with E-state index in [2.05, 4.69) is 28.0 Å². The maximum atomic E-state index is 5.14. The molecule has 1 heterocycles. The van der Waals surface area contributed by atoms with Gasteiger partial charge in [-0.25, -0.2) is 4.98 Å². The molecule has 0 aromatic carbocycles. The highest BCUT2D eigenvalue weighted by Crippen LogP contribution is 2.30. The van der Waals surface area contributed by atoms with E-state index in [1.54, 1.807) is 7.11 Å². The van der Waals surface area contributed by atoms with Crippen molar-refractivity contribution in [3.05, 3.63) is 11.9 Å². The van der Waals surface area contributed by atoms with Crippen molar-refractivity contribution in [3.63, 3.8) is 0 Å². The van der Waals surface area contributed by atoms with Crippen LogP contribution in [-0.4, -0.2) is 29.8 Å². The molecule has 0 amide bonds. The Balaban J connectivity index is 1.75. The van der Waals surface area contributed by atoms with Gasteiger partial charge in [0.1, 0.15) is 0 Å². The molecule has 0 saturated heterocycles. The number of imidazole rings is 1. The van der Waals surface area contributed by atoms with Gasteiger partial charge in [0.05, 0.1) is 12.3 Å². The number of hydrogen-bond donors (Lipinski definition) is 1. The van der Waals surface area contributed by atoms with Crippen LogP contribution in [0, 0.1) is 18.8 Å². The first kappa shape index (κ1) is 15.4. The van der Waals surface area contributed by atoms with Gasteiger partial charge in [0.15, 0.2) is 0 Å². The third kappa shape index (κ3) is 4.51. The van der Waals surface area contributed by atoms with E-state index in [0.717, 1.165) is 43.2 Å². The van der Waals surface area contributed by atoms with Gasteiger partial charge in [-0.05, 0) is 25.2 Å². The molecule has 1 aliphatic carbocycles. The molecule has 0 aliphatic heterocycles. The second-order valence-corrected chi connectivity index (χ2v) is 6.23. The Kier molecular flexibility index (Phi) is 5.89. The first-order valence-corrected chi connectivity index (χ1v) is 7.95. The smallest absolute Gasteiger partial charge is 0.203 e. The summed E-state index contributed by atoms with van der Waals surface area (Å²) in [7, 11) is 1.74. The minimum Gasteiger partial charge on any atom is -0.383 e. The van der Waals surface area contributed by atoms with Crippen LogP contribution in [0.5, 0.6) is 0 Å². The first-order valence-electron chi connectivity index (χ1n) is 7.95. The Hall–Kier alpha value is -1.03. The van der Waals surface area contributed by atoms with Gasteiger partial charge in [0, 0.05) is 26.4 Å². The number of hydrogen-bond acceptors (Lipinski definition) is 3. The number of aromatic nitrogens is 2. The summed E-state index contributed by atoms with van der Waals surface area (Å²) in [6.07, 6.45) is 8.98. The van der Waals surface area contributed by atoms with Crippen molar-refractivity contribution < 1.29 is 4.74 Å². The van der Waals surface area contributed by atoms with Crippen LogP contribution < -0.4 is 5.32 Å². The SMILES string of the molecule is COCCn1cc(C)nc1NCCC1CCC(C)CC1. The van der Waals surface area contributed by atoms with Crippen LogP contribution in [0.3, 0.4) is 0 Å². The number of ether oxygens (including phenoxy) is 1. The standard InChI is InChI=1S/C16H29N3O/c1-13-4-6-15(7-5-13)8-9-17-16-18-14(2)12-19(16)10-11-20-3/h12-13,15H,4-11H2,1-3H3,(H,17,18). The van der Waals surface area contributed by atoms with E-state index >= 15 is 0 Å². The molecule has 1 aromatic heterocycles. The zero-order valence-electron chi connectivity index (χ0n) is 13.2. The van der Waals surface area contributed by atoms with Crippen LogP contribution in [0.25, 0.3) is 0 Å². The fourth-order valence-electron chi connectivity index (χ4n) is 3.05. The van der Waals surface area contributed by atoms with Crippen LogP contribution in [0.2, 0.25) is 0 Å². The third-order valence-electron chi connectivity index (χ3n) is 4.40. The molecular weight excluding hydrogens is 250 g/mol. The third-order valence-corrected chi connectivity index (χ3v) is 4.40. The van der Waals surface area contributed by atoms with E-state index in [9.17, 15) is 0 Å². The van der Waals surface area contributed by atoms with Crippen molar-refractivity contribution in [1.29, 1.82) is 0 Å². The molecule has 1 N–H and O–H groups in total. The van der Waals surface area contributed by atoms with Crippen molar-refractivity contribution in [2.45, 2.75) is 52.5 Å². The highest BCUT2D eigenvalue weighted by atomic mass is 16.5. The second kappa shape index (κ2) is 7.67. The summed E-state index contributed by atoms with van der Waals surface area (Å²) in [6.45, 7) is 7.04. The van der Waals surface area contributed by atoms with Crippen molar-refractivity contribution in [1.82, 2.24) is 9.55 Å². The molecule has 1 fully saturated rings. The van der Waals surface area contributed by atoms with Crippen LogP contribution in [-0.2, 0) is 11.3 Å². The lowest BCUT2D eigenvalue weighted by atomic mass is 9.81. The number of anilines is 1. The molecule has 1 saturated carbocycles. The highest BCUT2D eigenvalue weighted by Gasteiger charge is 2.17. The minimum absolute atomic E-state index is 0.727. The van der Waals surface area contributed by atoms with E-state index in [0.29, 0.717) is 0 Å². The average Bonchev–Trinajstić information content (AvgIpc) is 2.79. The van der Waals surface area contributed by atoms with E-state index < -0.39 is 0 Å². The Bertz CT molecular complexity index is 394. The first-order chi connectivity index (χ1) is 9.69. The summed E-state index contributed by atoms with van der Waals surface area (Å²) < 4.78 is 7.30. The maximum absolute atomic E-state index is 5.14. The highest BCUT2D eigenvalue weighted by molar-refractivity contribution is 5.28. The summed E-state index contributed by atoms with van der Waals surface area (Å²) >= 11 is 0. The van der Waals surface area contributed by atoms with Gasteiger partial charge >= 0.3 is 0 Å². The van der Waals surface area contributed by atoms with Crippen LogP contribution >= 0.6 is 0 Å². The van der Waals surface area contributed by atoms with Gasteiger partial charge in [-0.3, -0.25) is 0 Å². The molecule has 4 nitrogen and oxygen atoms in total. The summed E-state index contributed by atoms with van der Waals surface area (Å²) in [5, 5.41) is 3.50. The number of rotatable bonds is 7. The fraction of sp³-hybridized carbons (Fsp3) is 0.812. The Morgan fingerprint density at radius 3 is 2.80 bits per heavy atom. The number of nitrogens with one attached hydrogen (secondary N) is 1. The maximum Gasteiger partial charge on any atom is 0.203 e. The Morgan fingerprint density at radius 2 is 2.10 bits per heavy atom. The lowest BCUT2D eigenvalue weighted by Gasteiger charge is -2.26. The predicted molar refractivity (Wildman–Crippen MR) is 83.1 cm³/mol. The quantitative estimate of drug-likeness (QED) is 0.830. The molecule has 0 unspecified atom stereocenters. The number of methoxy groups -OCH3 is 1. The number of nitrogens with zero attached hydrogens (tertiary/aromatic N) is 2. The van der Waals surface area contributed by atoms with E-state index in [1.807, 2.05) is 6.92 Å². The van der Waals surface area contributed by atoms with Gasteiger partial charge in [0.2, 0.25) is 5.95 Å². The summed E-state index contributed by atoms with van der Waals surface area (Å²) in [5.41, 5.74) is 1.06. The molecule has 1 aromatic rings. The van der Waals surface area contributed by atoms with Crippen LogP contribution in [0.4, 0.5) is 5.95 Å². The molecular formula is C16H29N3O. The molecule has 4 heteroatoms. The fourth-order valence-corrected chi connectivity index (χ4v) is 3.05. The number of aryl methyl sites for hydroxylation is 1. The lowest BCUT2D eigenvalue weighted by molar-refractivity contribution is 0.187. The Morgan fingerprint density at radius 1 is 1.35 bits per heavy atom. The normalized spacial score (nSPS) is 22.9. The van der Waals surface area contributed by atoms with Gasteiger partial charge < -0.3 is 14.6 Å². The molecule has 20 heavy (non-hydrogen) atoms. The monoisotopic (exact) mass is 279 g/mol. The molecule has 0 radical (unpaired) electrons. The molecule has 2 rings (SSSR count). The van der Waals surface area contributed by atoms with Gasteiger partial charge in [0.25, 0.3) is 0 Å². The molecule has 0 bridgehead atoms. The van der Waals surface area contributed by atoms with E-state index in [4.69, 9.17) is 4.74 Å². The topological polar surface area (TPSA) is 39.1 Å².